The Kier molecular flexibility index (Phi) is 5.07. The maximum Gasteiger partial charge on any atom is 0.268 e. The van der Waals surface area contributed by atoms with Crippen molar-refractivity contribution in [2.45, 2.75) is 44.9 Å². The topological polar surface area (TPSA) is 49.4 Å². The summed E-state index contributed by atoms with van der Waals surface area (Å²) in [6.45, 7) is 0.700. The third kappa shape index (κ3) is 3.68. The zero-order chi connectivity index (χ0) is 17.9. The van der Waals surface area contributed by atoms with Crippen molar-refractivity contribution in [1.29, 1.82) is 0 Å². The molecule has 5 heteroatoms. The van der Waals surface area contributed by atoms with E-state index in [4.69, 9.17) is 0 Å². The molecule has 0 unspecified atom stereocenters. The van der Waals surface area contributed by atoms with Crippen LogP contribution in [-0.4, -0.2) is 18.4 Å². The lowest BCUT2D eigenvalue weighted by atomic mass is 10.0. The normalized spacial score (nSPS) is 16.7. The molecule has 2 aromatic rings. The van der Waals surface area contributed by atoms with Gasteiger partial charge in [0, 0.05) is 24.3 Å². The smallest absolute Gasteiger partial charge is 0.268 e. The first kappa shape index (κ1) is 17.3. The monoisotopic (exact) mass is 368 g/mol. The Balaban J connectivity index is 1.38. The quantitative estimate of drug-likeness (QED) is 0.819. The van der Waals surface area contributed by atoms with Crippen LogP contribution in [0.5, 0.6) is 0 Å². The van der Waals surface area contributed by atoms with Crippen LogP contribution in [0.3, 0.4) is 0 Å². The predicted octanol–water partition coefficient (Wildman–Crippen LogP) is 4.86. The van der Waals surface area contributed by atoms with E-state index in [0.29, 0.717) is 13.0 Å². The molecule has 1 fully saturated rings. The molecule has 0 bridgehead atoms. The van der Waals surface area contributed by atoms with Crippen LogP contribution < -0.4 is 10.2 Å². The van der Waals surface area contributed by atoms with E-state index >= 15 is 0 Å². The van der Waals surface area contributed by atoms with E-state index in [0.717, 1.165) is 40.6 Å². The molecule has 0 atom stereocenters. The van der Waals surface area contributed by atoms with Crippen molar-refractivity contribution in [2.24, 2.45) is 5.92 Å². The van der Waals surface area contributed by atoms with E-state index in [2.05, 4.69) is 5.32 Å². The number of thiophene rings is 1. The number of nitrogens with one attached hydrogen (secondary N) is 1. The number of hydrogen-bond donors (Lipinski definition) is 1. The molecular weight excluding hydrogens is 344 g/mol. The summed E-state index contributed by atoms with van der Waals surface area (Å²) in [5.74, 6) is 0.894. The summed E-state index contributed by atoms with van der Waals surface area (Å²) in [6, 6.07) is 9.65. The van der Waals surface area contributed by atoms with Gasteiger partial charge in [-0.05, 0) is 54.0 Å². The number of carbonyl (C=O) groups excluding carboxylic acids is 2. The van der Waals surface area contributed by atoms with E-state index in [1.165, 1.54) is 37.0 Å². The van der Waals surface area contributed by atoms with Crippen molar-refractivity contribution in [1.82, 2.24) is 0 Å². The minimum atomic E-state index is 0.0621. The first-order chi connectivity index (χ1) is 12.7. The SMILES string of the molecule is O=C(CCC1CCCC1)Nc1ccc2c(c1)CCN2C(=O)c1cccs1. The second kappa shape index (κ2) is 7.62. The molecule has 1 aromatic carbocycles. The molecule has 1 N–H and O–H groups in total. The number of hydrogen-bond acceptors (Lipinski definition) is 3. The average molecular weight is 369 g/mol. The van der Waals surface area contributed by atoms with Crippen LogP contribution in [0.25, 0.3) is 0 Å². The Hall–Kier alpha value is -2.14. The molecule has 2 aliphatic rings. The van der Waals surface area contributed by atoms with E-state index in [-0.39, 0.29) is 11.8 Å². The van der Waals surface area contributed by atoms with Crippen molar-refractivity contribution < 1.29 is 9.59 Å². The maximum absolute atomic E-state index is 12.6. The average Bonchev–Trinajstić information content (AvgIpc) is 3.40. The summed E-state index contributed by atoms with van der Waals surface area (Å²) in [6.07, 6.45) is 7.62. The summed E-state index contributed by atoms with van der Waals surface area (Å²) in [4.78, 5) is 27.4. The van der Waals surface area contributed by atoms with Gasteiger partial charge in [0.1, 0.15) is 0 Å². The highest BCUT2D eigenvalue weighted by molar-refractivity contribution is 7.12. The molecule has 1 aliphatic carbocycles. The van der Waals surface area contributed by atoms with Crippen molar-refractivity contribution in [3.05, 3.63) is 46.2 Å². The van der Waals surface area contributed by atoms with Crippen molar-refractivity contribution in [2.75, 3.05) is 16.8 Å². The predicted molar refractivity (Wildman–Crippen MR) is 106 cm³/mol. The molecule has 26 heavy (non-hydrogen) atoms. The first-order valence-electron chi connectivity index (χ1n) is 9.49. The van der Waals surface area contributed by atoms with Crippen LogP contribution >= 0.6 is 11.3 Å². The third-order valence-corrected chi connectivity index (χ3v) is 6.35. The number of amides is 2. The summed E-state index contributed by atoms with van der Waals surface area (Å²) < 4.78 is 0. The van der Waals surface area contributed by atoms with Gasteiger partial charge in [-0.15, -0.1) is 11.3 Å². The van der Waals surface area contributed by atoms with Gasteiger partial charge in [0.25, 0.3) is 5.91 Å². The molecule has 1 aromatic heterocycles. The lowest BCUT2D eigenvalue weighted by Gasteiger charge is -2.17. The summed E-state index contributed by atoms with van der Waals surface area (Å²) >= 11 is 1.47. The van der Waals surface area contributed by atoms with Crippen molar-refractivity contribution >= 4 is 34.5 Å². The molecule has 0 radical (unpaired) electrons. The number of benzene rings is 1. The van der Waals surface area contributed by atoms with Crippen LogP contribution in [0.2, 0.25) is 0 Å². The van der Waals surface area contributed by atoms with E-state index in [9.17, 15) is 9.59 Å². The van der Waals surface area contributed by atoms with Crippen LogP contribution in [0.1, 0.15) is 53.8 Å². The highest BCUT2D eigenvalue weighted by atomic mass is 32.1. The molecule has 2 amide bonds. The Bertz CT molecular complexity index is 794. The maximum atomic E-state index is 12.6. The zero-order valence-corrected chi connectivity index (χ0v) is 15.7. The molecule has 1 aliphatic heterocycles. The van der Waals surface area contributed by atoms with Gasteiger partial charge < -0.3 is 10.2 Å². The molecule has 4 rings (SSSR count). The number of rotatable bonds is 5. The second-order valence-corrected chi connectivity index (χ2v) is 8.21. The van der Waals surface area contributed by atoms with Crippen molar-refractivity contribution in [3.8, 4) is 0 Å². The van der Waals surface area contributed by atoms with Crippen LogP contribution in [0.4, 0.5) is 11.4 Å². The molecule has 2 heterocycles. The van der Waals surface area contributed by atoms with Crippen LogP contribution in [-0.2, 0) is 11.2 Å². The fraction of sp³-hybridized carbons (Fsp3) is 0.429. The number of nitrogens with zero attached hydrogens (tertiary/aromatic N) is 1. The second-order valence-electron chi connectivity index (χ2n) is 7.26. The first-order valence-corrected chi connectivity index (χ1v) is 10.4. The number of carbonyl (C=O) groups is 2. The van der Waals surface area contributed by atoms with Gasteiger partial charge in [0.2, 0.25) is 5.91 Å². The molecule has 1 saturated carbocycles. The third-order valence-electron chi connectivity index (χ3n) is 5.49. The molecular formula is C21H24N2O2S. The standard InChI is InChI=1S/C21H24N2O2S/c24-20(10-7-15-4-1-2-5-15)22-17-8-9-18-16(14-17)11-12-23(18)21(25)19-6-3-13-26-19/h3,6,8-9,13-15H,1-2,4-5,7,10-12H2,(H,22,24). The van der Waals surface area contributed by atoms with Crippen LogP contribution in [0, 0.1) is 5.92 Å². The van der Waals surface area contributed by atoms with E-state index in [1.54, 1.807) is 0 Å². The zero-order valence-electron chi connectivity index (χ0n) is 14.9. The minimum absolute atomic E-state index is 0.0621. The van der Waals surface area contributed by atoms with Gasteiger partial charge in [-0.25, -0.2) is 0 Å². The fourth-order valence-corrected chi connectivity index (χ4v) is 4.75. The lowest BCUT2D eigenvalue weighted by molar-refractivity contribution is -0.116. The molecule has 4 nitrogen and oxygen atoms in total. The van der Waals surface area contributed by atoms with Gasteiger partial charge in [0.15, 0.2) is 0 Å². The fourth-order valence-electron chi connectivity index (χ4n) is 4.08. The van der Waals surface area contributed by atoms with Gasteiger partial charge in [-0.1, -0.05) is 31.7 Å². The van der Waals surface area contributed by atoms with Gasteiger partial charge in [-0.3, -0.25) is 9.59 Å². The molecule has 0 spiro atoms. The van der Waals surface area contributed by atoms with E-state index in [1.807, 2.05) is 40.6 Å². The Morgan fingerprint density at radius 1 is 1.19 bits per heavy atom. The highest BCUT2D eigenvalue weighted by Gasteiger charge is 2.26. The number of anilines is 2. The Labute approximate surface area is 158 Å². The van der Waals surface area contributed by atoms with Crippen molar-refractivity contribution in [3.63, 3.8) is 0 Å². The van der Waals surface area contributed by atoms with Gasteiger partial charge in [0.05, 0.1) is 4.88 Å². The van der Waals surface area contributed by atoms with Gasteiger partial charge in [-0.2, -0.15) is 0 Å². The van der Waals surface area contributed by atoms with E-state index < -0.39 is 0 Å². The summed E-state index contributed by atoms with van der Waals surface area (Å²) in [5.41, 5.74) is 2.93. The van der Waals surface area contributed by atoms with Crippen LogP contribution in [0.15, 0.2) is 35.7 Å². The Morgan fingerprint density at radius 2 is 2.04 bits per heavy atom. The largest absolute Gasteiger partial charge is 0.326 e. The summed E-state index contributed by atoms with van der Waals surface area (Å²) in [7, 11) is 0. The molecule has 0 saturated heterocycles. The summed E-state index contributed by atoms with van der Waals surface area (Å²) in [5, 5.41) is 4.95. The van der Waals surface area contributed by atoms with Gasteiger partial charge >= 0.3 is 0 Å². The number of fused-ring (bicyclic) bond motifs is 1. The molecule has 136 valence electrons. The minimum Gasteiger partial charge on any atom is -0.326 e. The lowest BCUT2D eigenvalue weighted by Crippen LogP contribution is -2.28. The highest BCUT2D eigenvalue weighted by Crippen LogP contribution is 2.32. The Morgan fingerprint density at radius 3 is 2.81 bits per heavy atom.